The van der Waals surface area contributed by atoms with Crippen molar-refractivity contribution in [2.75, 3.05) is 23.0 Å². The Morgan fingerprint density at radius 2 is 0.737 bits per heavy atom. The zero-order valence-corrected chi connectivity index (χ0v) is 15.2. The van der Waals surface area contributed by atoms with Gasteiger partial charge in [-0.2, -0.15) is 37.0 Å². The topological polar surface area (TPSA) is 0 Å². The second-order valence-electron chi connectivity index (χ2n) is 5.30. The van der Waals surface area contributed by atoms with Gasteiger partial charge in [0.25, 0.3) is 0 Å². The van der Waals surface area contributed by atoms with Gasteiger partial charge >= 0.3 is 0 Å². The van der Waals surface area contributed by atoms with E-state index in [-0.39, 0.29) is 0 Å². The third kappa shape index (κ3) is 19.0. The second kappa shape index (κ2) is 19.1. The van der Waals surface area contributed by atoms with Crippen LogP contribution in [0.25, 0.3) is 0 Å². The summed E-state index contributed by atoms with van der Waals surface area (Å²) in [5, 5.41) is 0. The van der Waals surface area contributed by atoms with Gasteiger partial charge in [-0.25, -0.2) is 0 Å². The largest absolute Gasteiger partial charge is 0.179 e. The Hall–Kier alpha value is 1.05. The molecule has 0 saturated carbocycles. The van der Waals surface area contributed by atoms with Crippen LogP contribution in [-0.4, -0.2) is 23.0 Å². The highest BCUT2D eigenvalue weighted by molar-refractivity contribution is 7.99. The first-order valence-corrected chi connectivity index (χ1v) is 10.6. The molecule has 0 rings (SSSR count). The van der Waals surface area contributed by atoms with Crippen LogP contribution in [0.4, 0.5) is 0 Å². The highest BCUT2D eigenvalue weighted by Crippen LogP contribution is 2.13. The average molecular weight is 323 g/mol. The molecule has 0 aromatic rings. The molecule has 116 valence electrons. The smallest absolute Gasteiger partial charge is 0.00675 e. The van der Waals surface area contributed by atoms with Crippen LogP contribution in [0.5, 0.6) is 0 Å². The van der Waals surface area contributed by atoms with Crippen LogP contribution in [0.1, 0.15) is 77.0 Å². The van der Waals surface area contributed by atoms with Crippen LogP contribution in [0.3, 0.4) is 0 Å². The molecule has 0 saturated heterocycles. The van der Waals surface area contributed by atoms with Crippen molar-refractivity contribution in [1.82, 2.24) is 0 Å². The Bertz CT molecular complexity index is 135. The van der Waals surface area contributed by atoms with Gasteiger partial charge in [-0.05, 0) is 48.7 Å². The summed E-state index contributed by atoms with van der Waals surface area (Å²) in [5.74, 6) is 4.88. The van der Waals surface area contributed by atoms with E-state index in [2.05, 4.69) is 37.0 Å². The van der Waals surface area contributed by atoms with Crippen LogP contribution < -0.4 is 0 Å². The van der Waals surface area contributed by atoms with E-state index in [0.717, 1.165) is 11.5 Å². The summed E-state index contributed by atoms with van der Waals surface area (Å²) >= 11 is 10.6. The van der Waals surface area contributed by atoms with Gasteiger partial charge in [0.05, 0.1) is 0 Å². The first-order valence-electron chi connectivity index (χ1n) is 8.21. The Morgan fingerprint density at radius 1 is 0.421 bits per heavy atom. The number of thioether (sulfide) groups is 1. The Labute approximate surface area is 137 Å². The molecule has 3 heteroatoms. The molecular weight excluding hydrogens is 288 g/mol. The number of hydrogen-bond donors (Lipinski definition) is 2. The number of rotatable bonds is 16. The van der Waals surface area contributed by atoms with Crippen molar-refractivity contribution in [2.45, 2.75) is 77.0 Å². The van der Waals surface area contributed by atoms with Crippen LogP contribution in [0, 0.1) is 0 Å². The van der Waals surface area contributed by atoms with Gasteiger partial charge in [-0.15, -0.1) is 0 Å². The van der Waals surface area contributed by atoms with Crippen LogP contribution in [0.2, 0.25) is 0 Å². The fraction of sp³-hybridized carbons (Fsp3) is 1.00. The average Bonchev–Trinajstić information content (AvgIpc) is 2.43. The van der Waals surface area contributed by atoms with E-state index in [9.17, 15) is 0 Å². The fourth-order valence-electron chi connectivity index (χ4n) is 2.15. The molecule has 0 unspecified atom stereocenters. The van der Waals surface area contributed by atoms with E-state index < -0.39 is 0 Å². The van der Waals surface area contributed by atoms with E-state index in [1.54, 1.807) is 0 Å². The quantitative estimate of drug-likeness (QED) is 0.250. The number of thiol groups is 2. The van der Waals surface area contributed by atoms with E-state index >= 15 is 0 Å². The third-order valence-corrected chi connectivity index (χ3v) is 5.18. The maximum atomic E-state index is 4.24. The second-order valence-corrected chi connectivity index (χ2v) is 7.42. The molecule has 0 aliphatic carbocycles. The summed E-state index contributed by atoms with van der Waals surface area (Å²) < 4.78 is 0. The van der Waals surface area contributed by atoms with Crippen LogP contribution >= 0.6 is 37.0 Å². The van der Waals surface area contributed by atoms with Gasteiger partial charge in [0, 0.05) is 0 Å². The first kappa shape index (κ1) is 20.1. The minimum absolute atomic E-state index is 1.06. The van der Waals surface area contributed by atoms with E-state index in [4.69, 9.17) is 0 Å². The zero-order valence-electron chi connectivity index (χ0n) is 12.6. The maximum absolute atomic E-state index is 4.24. The summed E-state index contributed by atoms with van der Waals surface area (Å²) in [6.07, 6.45) is 16.8. The van der Waals surface area contributed by atoms with Gasteiger partial charge in [-0.1, -0.05) is 51.4 Å². The number of unbranched alkanes of at least 4 members (excludes halogenated alkanes) is 10. The van der Waals surface area contributed by atoms with Gasteiger partial charge < -0.3 is 0 Å². The molecule has 0 heterocycles. The molecule has 0 aromatic carbocycles. The third-order valence-electron chi connectivity index (χ3n) is 3.39. The summed E-state index contributed by atoms with van der Waals surface area (Å²) in [6, 6.07) is 0. The van der Waals surface area contributed by atoms with Crippen LogP contribution in [0.15, 0.2) is 0 Å². The van der Waals surface area contributed by atoms with Gasteiger partial charge in [0.1, 0.15) is 0 Å². The summed E-state index contributed by atoms with van der Waals surface area (Å²) in [6.45, 7) is 0. The monoisotopic (exact) mass is 322 g/mol. The Balaban J connectivity index is 2.88. The molecule has 0 nitrogen and oxygen atoms in total. The first-order chi connectivity index (χ1) is 9.41. The normalized spacial score (nSPS) is 11.1. The highest BCUT2D eigenvalue weighted by atomic mass is 32.2. The van der Waals surface area contributed by atoms with Crippen molar-refractivity contribution in [3.8, 4) is 0 Å². The highest BCUT2D eigenvalue weighted by Gasteiger charge is 1.94. The van der Waals surface area contributed by atoms with Crippen molar-refractivity contribution in [1.29, 1.82) is 0 Å². The van der Waals surface area contributed by atoms with Crippen molar-refractivity contribution >= 4 is 37.0 Å². The molecule has 0 spiro atoms. The molecule has 0 aromatic heterocycles. The SMILES string of the molecule is SCCCCCCCCSCCCCCCCCS. The lowest BCUT2D eigenvalue weighted by Gasteiger charge is -2.03. The molecule has 0 atom stereocenters. The minimum atomic E-state index is 1.06. The molecule has 19 heavy (non-hydrogen) atoms. The minimum Gasteiger partial charge on any atom is -0.179 e. The molecule has 0 radical (unpaired) electrons. The lowest BCUT2D eigenvalue weighted by atomic mass is 10.1. The van der Waals surface area contributed by atoms with Gasteiger partial charge in [0.15, 0.2) is 0 Å². The summed E-state index contributed by atoms with van der Waals surface area (Å²) in [5.41, 5.74) is 0. The molecule has 0 fully saturated rings. The molecule has 0 amide bonds. The predicted molar refractivity (Wildman–Crippen MR) is 100 cm³/mol. The summed E-state index contributed by atoms with van der Waals surface area (Å²) in [4.78, 5) is 0. The van der Waals surface area contributed by atoms with E-state index in [1.807, 2.05) is 0 Å². The molecule has 0 bridgehead atoms. The van der Waals surface area contributed by atoms with Gasteiger partial charge in [-0.3, -0.25) is 0 Å². The lowest BCUT2D eigenvalue weighted by molar-refractivity contribution is 0.626. The standard InChI is InChI=1S/C16H34S3/c17-13-9-5-1-3-7-11-15-19-16-12-8-4-2-6-10-14-18/h17-18H,1-16H2. The molecule has 0 N–H and O–H groups in total. The number of hydrogen-bond acceptors (Lipinski definition) is 3. The zero-order chi connectivity index (χ0) is 14.0. The molecular formula is C16H34S3. The maximum Gasteiger partial charge on any atom is -0.00675 e. The Morgan fingerprint density at radius 3 is 1.11 bits per heavy atom. The lowest BCUT2D eigenvalue weighted by Crippen LogP contribution is -1.87. The molecule has 0 aliphatic heterocycles. The van der Waals surface area contributed by atoms with Crippen molar-refractivity contribution in [3.63, 3.8) is 0 Å². The van der Waals surface area contributed by atoms with Gasteiger partial charge in [0.2, 0.25) is 0 Å². The van der Waals surface area contributed by atoms with E-state index in [0.29, 0.717) is 0 Å². The molecule has 0 aliphatic rings. The van der Waals surface area contributed by atoms with Crippen molar-refractivity contribution < 1.29 is 0 Å². The van der Waals surface area contributed by atoms with Crippen LogP contribution in [-0.2, 0) is 0 Å². The Kier molecular flexibility index (Phi) is 20.1. The van der Waals surface area contributed by atoms with E-state index in [1.165, 1.54) is 88.6 Å². The van der Waals surface area contributed by atoms with Crippen molar-refractivity contribution in [2.24, 2.45) is 0 Å². The predicted octanol–water partition coefficient (Wildman–Crippen LogP) is 6.26. The summed E-state index contributed by atoms with van der Waals surface area (Å²) in [7, 11) is 0. The fourth-order valence-corrected chi connectivity index (χ4v) is 3.62. The van der Waals surface area contributed by atoms with Crippen molar-refractivity contribution in [3.05, 3.63) is 0 Å².